The molecule has 1 N–H and O–H groups in total. The van der Waals surface area contributed by atoms with Crippen LogP contribution < -0.4 is 5.32 Å². The van der Waals surface area contributed by atoms with E-state index in [1.165, 1.54) is 12.1 Å². The number of halogens is 4. The van der Waals surface area contributed by atoms with Gasteiger partial charge in [-0.25, -0.2) is 0 Å². The van der Waals surface area contributed by atoms with Crippen molar-refractivity contribution in [2.75, 3.05) is 5.32 Å². The Kier molecular flexibility index (Phi) is 4.41. The van der Waals surface area contributed by atoms with Crippen LogP contribution in [0.1, 0.15) is 23.0 Å². The minimum absolute atomic E-state index is 0.106. The van der Waals surface area contributed by atoms with E-state index in [4.69, 9.17) is 0 Å². The Hall–Kier alpha value is -1.76. The molecule has 0 spiro atoms. The van der Waals surface area contributed by atoms with Gasteiger partial charge in [-0.1, -0.05) is 6.07 Å². The number of benzene rings is 1. The predicted octanol–water partition coefficient (Wildman–Crippen LogP) is 4.54. The van der Waals surface area contributed by atoms with Gasteiger partial charge in [0.15, 0.2) is 0 Å². The van der Waals surface area contributed by atoms with Crippen molar-refractivity contribution in [2.24, 2.45) is 0 Å². The predicted molar refractivity (Wildman–Crippen MR) is 77.2 cm³/mol. The lowest BCUT2D eigenvalue weighted by Gasteiger charge is -2.10. The highest BCUT2D eigenvalue weighted by atomic mass is 79.9. The van der Waals surface area contributed by atoms with Crippen molar-refractivity contribution in [1.29, 1.82) is 0 Å². The van der Waals surface area contributed by atoms with Gasteiger partial charge >= 0.3 is 6.18 Å². The second-order valence-corrected chi connectivity index (χ2v) is 5.28. The van der Waals surface area contributed by atoms with Gasteiger partial charge in [-0.2, -0.15) is 13.2 Å². The number of carbonyl (C=O) groups is 1. The first-order valence-corrected chi connectivity index (χ1v) is 6.95. The molecular formula is C14H12BrF3N2O. The van der Waals surface area contributed by atoms with Crippen molar-refractivity contribution < 1.29 is 18.0 Å². The van der Waals surface area contributed by atoms with Gasteiger partial charge in [0.05, 0.1) is 5.56 Å². The average Bonchev–Trinajstić information content (AvgIpc) is 2.79. The van der Waals surface area contributed by atoms with Gasteiger partial charge in [-0.15, -0.1) is 0 Å². The highest BCUT2D eigenvalue weighted by Crippen LogP contribution is 2.30. The van der Waals surface area contributed by atoms with E-state index < -0.39 is 17.6 Å². The van der Waals surface area contributed by atoms with Gasteiger partial charge in [0.2, 0.25) is 0 Å². The van der Waals surface area contributed by atoms with Crippen LogP contribution in [-0.2, 0) is 12.7 Å². The number of alkyl halides is 3. The fraction of sp³-hybridized carbons (Fsp3) is 0.214. The van der Waals surface area contributed by atoms with E-state index in [1.54, 1.807) is 16.8 Å². The zero-order chi connectivity index (χ0) is 15.6. The van der Waals surface area contributed by atoms with Crippen LogP contribution in [0.5, 0.6) is 0 Å². The van der Waals surface area contributed by atoms with Gasteiger partial charge in [0.25, 0.3) is 5.91 Å². The molecule has 1 heterocycles. The molecule has 1 amide bonds. The molecule has 7 heteroatoms. The highest BCUT2D eigenvalue weighted by molar-refractivity contribution is 9.10. The Morgan fingerprint density at radius 2 is 2.05 bits per heavy atom. The van der Waals surface area contributed by atoms with Crippen LogP contribution in [0.15, 0.2) is 41.0 Å². The minimum Gasteiger partial charge on any atom is -0.343 e. The van der Waals surface area contributed by atoms with Crippen molar-refractivity contribution in [3.63, 3.8) is 0 Å². The molecule has 2 rings (SSSR count). The first kappa shape index (κ1) is 15.6. The smallest absolute Gasteiger partial charge is 0.343 e. The maximum absolute atomic E-state index is 12.6. The Bertz CT molecular complexity index is 664. The molecule has 0 aliphatic carbocycles. The summed E-state index contributed by atoms with van der Waals surface area (Å²) < 4.78 is 40.3. The van der Waals surface area contributed by atoms with Gasteiger partial charge < -0.3 is 9.88 Å². The van der Waals surface area contributed by atoms with E-state index in [0.717, 1.165) is 16.6 Å². The molecule has 1 aromatic heterocycles. The van der Waals surface area contributed by atoms with Crippen molar-refractivity contribution >= 4 is 27.5 Å². The summed E-state index contributed by atoms with van der Waals surface area (Å²) in [5, 5.41) is 2.48. The van der Waals surface area contributed by atoms with Gasteiger partial charge in [0.1, 0.15) is 5.69 Å². The maximum Gasteiger partial charge on any atom is 0.416 e. The summed E-state index contributed by atoms with van der Waals surface area (Å²) in [6, 6.07) is 6.16. The number of carbonyl (C=O) groups excluding carboxylic acids is 1. The van der Waals surface area contributed by atoms with E-state index in [0.29, 0.717) is 12.2 Å². The topological polar surface area (TPSA) is 34.0 Å². The summed E-state index contributed by atoms with van der Waals surface area (Å²) in [5.74, 6) is -0.457. The standard InChI is InChI=1S/C14H12BrF3N2O/c1-2-20-8-10(15)7-12(20)13(21)19-11-5-3-4-9(6-11)14(16,17)18/h3-8H,2H2,1H3,(H,19,21). The molecule has 0 atom stereocenters. The lowest BCUT2D eigenvalue weighted by atomic mass is 10.2. The molecule has 3 nitrogen and oxygen atoms in total. The van der Waals surface area contributed by atoms with Crippen LogP contribution in [0.25, 0.3) is 0 Å². The number of aromatic nitrogens is 1. The third-order valence-electron chi connectivity index (χ3n) is 2.88. The van der Waals surface area contributed by atoms with Crippen LogP contribution in [0.4, 0.5) is 18.9 Å². The van der Waals surface area contributed by atoms with E-state index >= 15 is 0 Å². The number of amides is 1. The number of nitrogens with one attached hydrogen (secondary N) is 1. The summed E-state index contributed by atoms with van der Waals surface area (Å²) in [4.78, 5) is 12.1. The molecule has 0 saturated carbocycles. The van der Waals surface area contributed by atoms with Crippen LogP contribution in [0, 0.1) is 0 Å². The first-order valence-electron chi connectivity index (χ1n) is 6.15. The molecule has 21 heavy (non-hydrogen) atoms. The Labute approximate surface area is 127 Å². The molecule has 112 valence electrons. The monoisotopic (exact) mass is 360 g/mol. The molecule has 2 aromatic rings. The molecular weight excluding hydrogens is 349 g/mol. The quantitative estimate of drug-likeness (QED) is 0.856. The molecule has 0 aliphatic rings. The maximum atomic E-state index is 12.6. The number of nitrogens with zero attached hydrogens (tertiary/aromatic N) is 1. The first-order chi connectivity index (χ1) is 9.81. The summed E-state index contributed by atoms with van der Waals surface area (Å²) in [5.41, 5.74) is -0.316. The number of hydrogen-bond donors (Lipinski definition) is 1. The van der Waals surface area contributed by atoms with Gasteiger partial charge in [0, 0.05) is 22.9 Å². The molecule has 0 aliphatic heterocycles. The van der Waals surface area contributed by atoms with Crippen molar-refractivity contribution in [3.05, 3.63) is 52.3 Å². The van der Waals surface area contributed by atoms with E-state index in [-0.39, 0.29) is 5.69 Å². The van der Waals surface area contributed by atoms with Crippen LogP contribution in [-0.4, -0.2) is 10.5 Å². The normalized spacial score (nSPS) is 11.5. The Balaban J connectivity index is 2.24. The van der Waals surface area contributed by atoms with E-state index in [2.05, 4.69) is 21.2 Å². The number of anilines is 1. The van der Waals surface area contributed by atoms with Gasteiger partial charge in [-0.3, -0.25) is 4.79 Å². The largest absolute Gasteiger partial charge is 0.416 e. The third kappa shape index (κ3) is 3.66. The van der Waals surface area contributed by atoms with E-state index in [9.17, 15) is 18.0 Å². The third-order valence-corrected chi connectivity index (χ3v) is 3.32. The zero-order valence-corrected chi connectivity index (χ0v) is 12.6. The fourth-order valence-electron chi connectivity index (χ4n) is 1.90. The SMILES string of the molecule is CCn1cc(Br)cc1C(=O)Nc1cccc(C(F)(F)F)c1. The second-order valence-electron chi connectivity index (χ2n) is 4.36. The Morgan fingerprint density at radius 3 is 2.67 bits per heavy atom. The summed E-state index contributed by atoms with van der Waals surface area (Å²) in [7, 11) is 0. The zero-order valence-electron chi connectivity index (χ0n) is 11.0. The average molecular weight is 361 g/mol. The second kappa shape index (κ2) is 5.93. The molecule has 0 radical (unpaired) electrons. The van der Waals surface area contributed by atoms with Crippen LogP contribution in [0.2, 0.25) is 0 Å². The van der Waals surface area contributed by atoms with Crippen molar-refractivity contribution in [2.45, 2.75) is 19.6 Å². The summed E-state index contributed by atoms with van der Waals surface area (Å²) in [6.07, 6.45) is -2.70. The van der Waals surface area contributed by atoms with Gasteiger partial charge in [-0.05, 0) is 47.1 Å². The molecule has 0 saturated heterocycles. The number of rotatable bonds is 3. The minimum atomic E-state index is -4.44. The van der Waals surface area contributed by atoms with Crippen LogP contribution >= 0.6 is 15.9 Å². The van der Waals surface area contributed by atoms with E-state index in [1.807, 2.05) is 6.92 Å². The number of aryl methyl sites for hydroxylation is 1. The van der Waals surface area contributed by atoms with Crippen molar-refractivity contribution in [1.82, 2.24) is 4.57 Å². The van der Waals surface area contributed by atoms with Crippen LogP contribution in [0.3, 0.4) is 0 Å². The lowest BCUT2D eigenvalue weighted by molar-refractivity contribution is -0.137. The lowest BCUT2D eigenvalue weighted by Crippen LogP contribution is -2.17. The molecule has 0 bridgehead atoms. The summed E-state index contributed by atoms with van der Waals surface area (Å²) >= 11 is 3.27. The molecule has 1 aromatic carbocycles. The Morgan fingerprint density at radius 1 is 1.33 bits per heavy atom. The number of hydrogen-bond acceptors (Lipinski definition) is 1. The van der Waals surface area contributed by atoms with Crippen molar-refractivity contribution in [3.8, 4) is 0 Å². The molecule has 0 fully saturated rings. The summed E-state index contributed by atoms with van der Waals surface area (Å²) in [6.45, 7) is 2.45. The highest BCUT2D eigenvalue weighted by Gasteiger charge is 2.30. The molecule has 0 unspecified atom stereocenters. The fourth-order valence-corrected chi connectivity index (χ4v) is 2.36.